The number of hydrogen-bond donors (Lipinski definition) is 2. The summed E-state index contributed by atoms with van der Waals surface area (Å²) in [6, 6.07) is 7.33. The van der Waals surface area contributed by atoms with Gasteiger partial charge >= 0.3 is 0 Å². The molecule has 0 fully saturated rings. The van der Waals surface area contributed by atoms with Gasteiger partial charge in [-0.3, -0.25) is 4.79 Å². The summed E-state index contributed by atoms with van der Waals surface area (Å²) in [7, 11) is 1.61. The van der Waals surface area contributed by atoms with Crippen molar-refractivity contribution in [2.24, 2.45) is 5.92 Å². The maximum Gasteiger partial charge on any atom is 0.238 e. The van der Waals surface area contributed by atoms with Crippen LogP contribution in [0.15, 0.2) is 24.3 Å². The van der Waals surface area contributed by atoms with Crippen LogP contribution >= 0.6 is 0 Å². The molecular formula is C14H22N2O2. The van der Waals surface area contributed by atoms with Gasteiger partial charge in [-0.05, 0) is 24.6 Å². The van der Waals surface area contributed by atoms with Crippen molar-refractivity contribution in [3.05, 3.63) is 24.3 Å². The lowest BCUT2D eigenvalue weighted by atomic mass is 10.1. The van der Waals surface area contributed by atoms with Crippen LogP contribution in [0.4, 0.5) is 5.69 Å². The van der Waals surface area contributed by atoms with Crippen LogP contribution in [-0.4, -0.2) is 26.1 Å². The third-order valence-corrected chi connectivity index (χ3v) is 2.83. The summed E-state index contributed by atoms with van der Waals surface area (Å²) in [5.41, 5.74) is 0.754. The zero-order valence-corrected chi connectivity index (χ0v) is 11.3. The lowest BCUT2D eigenvalue weighted by Gasteiger charge is -2.10. The average molecular weight is 250 g/mol. The largest absolute Gasteiger partial charge is 0.497 e. The lowest BCUT2D eigenvalue weighted by molar-refractivity contribution is -0.115. The molecule has 1 aromatic carbocycles. The summed E-state index contributed by atoms with van der Waals surface area (Å²) in [6.07, 6.45) is 1.12. The molecule has 1 rings (SSSR count). The number of anilines is 1. The molecule has 18 heavy (non-hydrogen) atoms. The Labute approximate surface area is 109 Å². The van der Waals surface area contributed by atoms with Gasteiger partial charge in [-0.25, -0.2) is 0 Å². The standard InChI is InChI=1S/C14H22N2O2/c1-4-11(2)9-15-10-14(17)16-12-6-5-7-13(8-12)18-3/h5-8,11,15H,4,9-10H2,1-3H3,(H,16,17). The van der Waals surface area contributed by atoms with E-state index in [0.717, 1.165) is 24.4 Å². The molecule has 1 amide bonds. The first-order chi connectivity index (χ1) is 8.65. The van der Waals surface area contributed by atoms with Crippen LogP contribution in [0.3, 0.4) is 0 Å². The fraction of sp³-hybridized carbons (Fsp3) is 0.500. The highest BCUT2D eigenvalue weighted by atomic mass is 16.5. The number of hydrogen-bond acceptors (Lipinski definition) is 3. The predicted octanol–water partition coefficient (Wildman–Crippen LogP) is 2.27. The monoisotopic (exact) mass is 250 g/mol. The summed E-state index contributed by atoms with van der Waals surface area (Å²) < 4.78 is 5.10. The fourth-order valence-corrected chi connectivity index (χ4v) is 1.48. The number of rotatable bonds is 7. The van der Waals surface area contributed by atoms with Crippen molar-refractivity contribution in [1.82, 2.24) is 5.32 Å². The lowest BCUT2D eigenvalue weighted by Crippen LogP contribution is -2.31. The van der Waals surface area contributed by atoms with Gasteiger partial charge in [0.2, 0.25) is 5.91 Å². The summed E-state index contributed by atoms with van der Waals surface area (Å²) in [4.78, 5) is 11.7. The predicted molar refractivity (Wildman–Crippen MR) is 73.9 cm³/mol. The molecule has 0 aliphatic rings. The van der Waals surface area contributed by atoms with Gasteiger partial charge in [-0.15, -0.1) is 0 Å². The zero-order chi connectivity index (χ0) is 13.4. The minimum Gasteiger partial charge on any atom is -0.497 e. The molecule has 4 heteroatoms. The molecule has 1 atom stereocenters. The van der Waals surface area contributed by atoms with Crippen molar-refractivity contribution in [1.29, 1.82) is 0 Å². The molecule has 0 aliphatic heterocycles. The van der Waals surface area contributed by atoms with Gasteiger partial charge in [-0.1, -0.05) is 26.3 Å². The van der Waals surface area contributed by atoms with Crippen LogP contribution in [0.25, 0.3) is 0 Å². The van der Waals surface area contributed by atoms with E-state index in [1.165, 1.54) is 0 Å². The highest BCUT2D eigenvalue weighted by Crippen LogP contribution is 2.16. The van der Waals surface area contributed by atoms with Gasteiger partial charge < -0.3 is 15.4 Å². The van der Waals surface area contributed by atoms with E-state index in [0.29, 0.717) is 12.5 Å². The second kappa shape index (κ2) is 7.71. The van der Waals surface area contributed by atoms with Crippen LogP contribution < -0.4 is 15.4 Å². The molecule has 2 N–H and O–H groups in total. The van der Waals surface area contributed by atoms with Crippen LogP contribution in [0.5, 0.6) is 5.75 Å². The van der Waals surface area contributed by atoms with Crippen molar-refractivity contribution >= 4 is 11.6 Å². The average Bonchev–Trinajstić information content (AvgIpc) is 2.38. The van der Waals surface area contributed by atoms with Crippen molar-refractivity contribution < 1.29 is 9.53 Å². The molecule has 0 aliphatic carbocycles. The maximum atomic E-state index is 11.7. The quantitative estimate of drug-likeness (QED) is 0.780. The van der Waals surface area contributed by atoms with Gasteiger partial charge in [0.05, 0.1) is 13.7 Å². The Morgan fingerprint density at radius 2 is 2.22 bits per heavy atom. The Hall–Kier alpha value is -1.55. The Morgan fingerprint density at radius 3 is 2.89 bits per heavy atom. The van der Waals surface area contributed by atoms with E-state index in [4.69, 9.17) is 4.74 Å². The second-order valence-electron chi connectivity index (χ2n) is 4.42. The zero-order valence-electron chi connectivity index (χ0n) is 11.3. The topological polar surface area (TPSA) is 50.4 Å². The summed E-state index contributed by atoms with van der Waals surface area (Å²) >= 11 is 0. The highest BCUT2D eigenvalue weighted by molar-refractivity contribution is 5.92. The molecule has 0 saturated heterocycles. The molecule has 0 spiro atoms. The Balaban J connectivity index is 2.35. The van der Waals surface area contributed by atoms with Crippen LogP contribution in [0.2, 0.25) is 0 Å². The summed E-state index contributed by atoms with van der Waals surface area (Å²) in [6.45, 7) is 5.50. The second-order valence-corrected chi connectivity index (χ2v) is 4.42. The third kappa shape index (κ3) is 5.19. The number of nitrogens with one attached hydrogen (secondary N) is 2. The fourth-order valence-electron chi connectivity index (χ4n) is 1.48. The van der Waals surface area contributed by atoms with E-state index in [-0.39, 0.29) is 5.91 Å². The van der Waals surface area contributed by atoms with Gasteiger partial charge in [0.15, 0.2) is 0 Å². The molecule has 0 aromatic heterocycles. The molecule has 0 bridgehead atoms. The van der Waals surface area contributed by atoms with E-state index in [1.54, 1.807) is 13.2 Å². The Kier molecular flexibility index (Phi) is 6.22. The number of carbonyl (C=O) groups excluding carboxylic acids is 1. The van der Waals surface area contributed by atoms with Gasteiger partial charge in [0.1, 0.15) is 5.75 Å². The first-order valence-corrected chi connectivity index (χ1v) is 6.30. The number of amides is 1. The Bertz CT molecular complexity index is 380. The Morgan fingerprint density at radius 1 is 1.44 bits per heavy atom. The van der Waals surface area contributed by atoms with E-state index in [2.05, 4.69) is 24.5 Å². The van der Waals surface area contributed by atoms with E-state index in [1.807, 2.05) is 18.2 Å². The van der Waals surface area contributed by atoms with E-state index in [9.17, 15) is 4.79 Å². The number of benzene rings is 1. The van der Waals surface area contributed by atoms with Gasteiger partial charge in [0.25, 0.3) is 0 Å². The molecule has 0 saturated carbocycles. The molecular weight excluding hydrogens is 228 g/mol. The van der Waals surface area contributed by atoms with Crippen LogP contribution in [-0.2, 0) is 4.79 Å². The molecule has 0 heterocycles. The van der Waals surface area contributed by atoms with E-state index >= 15 is 0 Å². The first-order valence-electron chi connectivity index (χ1n) is 6.30. The van der Waals surface area contributed by atoms with Crippen molar-refractivity contribution in [3.8, 4) is 5.75 Å². The maximum absolute atomic E-state index is 11.7. The van der Waals surface area contributed by atoms with Gasteiger partial charge in [0, 0.05) is 11.8 Å². The van der Waals surface area contributed by atoms with Crippen molar-refractivity contribution in [2.45, 2.75) is 20.3 Å². The third-order valence-electron chi connectivity index (χ3n) is 2.83. The molecule has 100 valence electrons. The van der Waals surface area contributed by atoms with Crippen molar-refractivity contribution in [3.63, 3.8) is 0 Å². The van der Waals surface area contributed by atoms with Crippen LogP contribution in [0, 0.1) is 5.92 Å². The SMILES string of the molecule is CCC(C)CNCC(=O)Nc1cccc(OC)c1. The smallest absolute Gasteiger partial charge is 0.238 e. The molecule has 1 aromatic rings. The minimum atomic E-state index is -0.0356. The number of ether oxygens (including phenoxy) is 1. The highest BCUT2D eigenvalue weighted by Gasteiger charge is 2.04. The molecule has 1 unspecified atom stereocenters. The number of carbonyl (C=O) groups is 1. The normalized spacial score (nSPS) is 11.9. The van der Waals surface area contributed by atoms with E-state index < -0.39 is 0 Å². The summed E-state index contributed by atoms with van der Waals surface area (Å²) in [5, 5.41) is 5.97. The number of methoxy groups -OCH3 is 1. The van der Waals surface area contributed by atoms with Crippen LogP contribution in [0.1, 0.15) is 20.3 Å². The van der Waals surface area contributed by atoms with Gasteiger partial charge in [-0.2, -0.15) is 0 Å². The minimum absolute atomic E-state index is 0.0356. The first kappa shape index (κ1) is 14.5. The van der Waals surface area contributed by atoms with Crippen molar-refractivity contribution in [2.75, 3.05) is 25.5 Å². The summed E-state index contributed by atoms with van der Waals surface area (Å²) in [5.74, 6) is 1.29. The molecule has 4 nitrogen and oxygen atoms in total. The molecule has 0 radical (unpaired) electrons.